The van der Waals surface area contributed by atoms with E-state index in [1.165, 1.54) is 0 Å². The quantitative estimate of drug-likeness (QED) is 0.762. The number of ether oxygens (including phenoxy) is 2. The lowest BCUT2D eigenvalue weighted by Crippen LogP contribution is -2.36. The van der Waals surface area contributed by atoms with E-state index in [-0.39, 0.29) is 11.8 Å². The highest BCUT2D eigenvalue weighted by molar-refractivity contribution is 5.91. The van der Waals surface area contributed by atoms with Crippen LogP contribution < -0.4 is 9.64 Å². The van der Waals surface area contributed by atoms with Crippen molar-refractivity contribution in [2.45, 2.75) is 18.9 Å². The first-order chi connectivity index (χ1) is 12.8. The van der Waals surface area contributed by atoms with Crippen molar-refractivity contribution < 1.29 is 14.6 Å². The molecule has 0 unspecified atom stereocenters. The number of phenolic OH excluding ortho intramolecular Hbond substituents is 1. The van der Waals surface area contributed by atoms with Gasteiger partial charge in [0, 0.05) is 36.5 Å². The molecule has 1 aliphatic heterocycles. The van der Waals surface area contributed by atoms with Gasteiger partial charge in [0.15, 0.2) is 5.75 Å². The largest absolute Gasteiger partial charge is 0.504 e. The molecule has 26 heavy (non-hydrogen) atoms. The van der Waals surface area contributed by atoms with Crippen molar-refractivity contribution in [1.29, 1.82) is 0 Å². The van der Waals surface area contributed by atoms with E-state index in [4.69, 9.17) is 9.47 Å². The Bertz CT molecular complexity index is 889. The summed E-state index contributed by atoms with van der Waals surface area (Å²) < 4.78 is 10.8. The molecule has 3 aromatic rings. The number of aromatic nitrogens is 1. The van der Waals surface area contributed by atoms with Crippen LogP contribution >= 0.6 is 0 Å². The van der Waals surface area contributed by atoms with Gasteiger partial charge in [-0.25, -0.2) is 0 Å². The smallest absolute Gasteiger partial charge is 0.165 e. The molecule has 0 bridgehead atoms. The summed E-state index contributed by atoms with van der Waals surface area (Å²) in [6.45, 7) is 1.45. The molecule has 0 saturated carbocycles. The van der Waals surface area contributed by atoms with Crippen molar-refractivity contribution in [3.63, 3.8) is 0 Å². The Labute approximate surface area is 152 Å². The van der Waals surface area contributed by atoms with E-state index in [0.29, 0.717) is 5.52 Å². The topological polar surface area (TPSA) is 54.8 Å². The van der Waals surface area contributed by atoms with Crippen LogP contribution in [0.5, 0.6) is 11.5 Å². The Kier molecular flexibility index (Phi) is 4.63. The molecule has 0 amide bonds. The average molecular weight is 350 g/mol. The van der Waals surface area contributed by atoms with E-state index >= 15 is 0 Å². The van der Waals surface area contributed by atoms with Gasteiger partial charge in [-0.15, -0.1) is 0 Å². The molecule has 134 valence electrons. The predicted octanol–water partition coefficient (Wildman–Crippen LogP) is 4.27. The van der Waals surface area contributed by atoms with Crippen LogP contribution in [0.25, 0.3) is 10.9 Å². The highest BCUT2D eigenvalue weighted by Gasteiger charge is 2.26. The third kappa shape index (κ3) is 3.06. The van der Waals surface area contributed by atoms with E-state index < -0.39 is 0 Å². The van der Waals surface area contributed by atoms with Crippen LogP contribution in [-0.2, 0) is 4.74 Å². The molecule has 1 aromatic heterocycles. The minimum absolute atomic E-state index is 0.213. The summed E-state index contributed by atoms with van der Waals surface area (Å²) in [5, 5.41) is 11.9. The van der Waals surface area contributed by atoms with E-state index in [1.807, 2.05) is 48.5 Å². The number of anilines is 2. The Balaban J connectivity index is 1.82. The third-order valence-corrected chi connectivity index (χ3v) is 4.89. The Morgan fingerprint density at radius 2 is 1.85 bits per heavy atom. The summed E-state index contributed by atoms with van der Waals surface area (Å²) >= 11 is 0. The normalized spacial score (nSPS) is 15.1. The fourth-order valence-electron chi connectivity index (χ4n) is 3.55. The SMILES string of the molecule is COc1ccc(N(c2ccc3cccnc3c2O)C2CCOCC2)cc1. The number of aromatic hydroxyl groups is 1. The van der Waals surface area contributed by atoms with Gasteiger partial charge in [0.05, 0.1) is 12.8 Å². The number of pyridine rings is 1. The maximum atomic E-state index is 11.0. The molecule has 2 aromatic carbocycles. The van der Waals surface area contributed by atoms with Gasteiger partial charge in [-0.2, -0.15) is 0 Å². The van der Waals surface area contributed by atoms with Crippen molar-refractivity contribution in [3.05, 3.63) is 54.7 Å². The number of hydrogen-bond donors (Lipinski definition) is 1. The molecule has 2 heterocycles. The second-order valence-corrected chi connectivity index (χ2v) is 6.42. The number of phenols is 1. The number of methoxy groups -OCH3 is 1. The van der Waals surface area contributed by atoms with Gasteiger partial charge >= 0.3 is 0 Å². The highest BCUT2D eigenvalue weighted by Crippen LogP contribution is 2.40. The standard InChI is InChI=1S/C21H22N2O3/c1-25-18-7-5-16(6-8-18)23(17-10-13-26-14-11-17)19-9-4-15-3-2-12-22-20(15)21(19)24/h2-9,12,17,24H,10-11,13-14H2,1H3. The first-order valence-electron chi connectivity index (χ1n) is 8.85. The van der Waals surface area contributed by atoms with Crippen molar-refractivity contribution in [3.8, 4) is 11.5 Å². The molecule has 0 atom stereocenters. The van der Waals surface area contributed by atoms with E-state index in [9.17, 15) is 5.11 Å². The molecular formula is C21H22N2O3. The first-order valence-corrected chi connectivity index (χ1v) is 8.85. The summed E-state index contributed by atoms with van der Waals surface area (Å²) in [6.07, 6.45) is 3.52. The summed E-state index contributed by atoms with van der Waals surface area (Å²) in [5.74, 6) is 1.02. The minimum Gasteiger partial charge on any atom is -0.504 e. The Hall–Kier alpha value is -2.79. The monoisotopic (exact) mass is 350 g/mol. The highest BCUT2D eigenvalue weighted by atomic mass is 16.5. The Morgan fingerprint density at radius 1 is 1.08 bits per heavy atom. The van der Waals surface area contributed by atoms with Crippen LogP contribution in [0.3, 0.4) is 0 Å². The fraction of sp³-hybridized carbons (Fsp3) is 0.286. The van der Waals surface area contributed by atoms with Crippen molar-refractivity contribution in [2.24, 2.45) is 0 Å². The van der Waals surface area contributed by atoms with E-state index in [2.05, 4.69) is 9.88 Å². The molecule has 1 N–H and O–H groups in total. The number of nitrogens with zero attached hydrogens (tertiary/aromatic N) is 2. The molecule has 0 radical (unpaired) electrons. The van der Waals surface area contributed by atoms with E-state index in [1.54, 1.807) is 13.3 Å². The lowest BCUT2D eigenvalue weighted by atomic mass is 10.0. The number of hydrogen-bond acceptors (Lipinski definition) is 5. The zero-order chi connectivity index (χ0) is 17.9. The molecule has 1 fully saturated rings. The van der Waals surface area contributed by atoms with Gasteiger partial charge in [-0.05, 0) is 49.2 Å². The van der Waals surface area contributed by atoms with Gasteiger partial charge in [-0.1, -0.05) is 12.1 Å². The maximum absolute atomic E-state index is 11.0. The predicted molar refractivity (Wildman–Crippen MR) is 102 cm³/mol. The zero-order valence-electron chi connectivity index (χ0n) is 14.8. The van der Waals surface area contributed by atoms with Crippen LogP contribution in [0.4, 0.5) is 11.4 Å². The summed E-state index contributed by atoms with van der Waals surface area (Å²) in [4.78, 5) is 6.57. The van der Waals surface area contributed by atoms with Crippen molar-refractivity contribution in [1.82, 2.24) is 4.98 Å². The van der Waals surface area contributed by atoms with Crippen LogP contribution in [0, 0.1) is 0 Å². The van der Waals surface area contributed by atoms with E-state index in [0.717, 1.165) is 48.6 Å². The average Bonchev–Trinajstić information content (AvgIpc) is 2.71. The summed E-state index contributed by atoms with van der Waals surface area (Å²) in [5.41, 5.74) is 2.41. The molecule has 4 rings (SSSR count). The van der Waals surface area contributed by atoms with Crippen molar-refractivity contribution in [2.75, 3.05) is 25.2 Å². The zero-order valence-corrected chi connectivity index (χ0v) is 14.8. The van der Waals surface area contributed by atoms with Gasteiger partial charge in [0.1, 0.15) is 11.3 Å². The fourth-order valence-corrected chi connectivity index (χ4v) is 3.55. The second-order valence-electron chi connectivity index (χ2n) is 6.42. The number of rotatable bonds is 4. The molecule has 0 aliphatic carbocycles. The van der Waals surface area contributed by atoms with Gasteiger partial charge in [0.25, 0.3) is 0 Å². The minimum atomic E-state index is 0.213. The summed E-state index contributed by atoms with van der Waals surface area (Å²) in [7, 11) is 1.66. The number of fused-ring (bicyclic) bond motifs is 1. The second kappa shape index (κ2) is 7.22. The number of benzene rings is 2. The van der Waals surface area contributed by atoms with Gasteiger partial charge in [-0.3, -0.25) is 4.98 Å². The molecular weight excluding hydrogens is 328 g/mol. The molecule has 0 spiro atoms. The first kappa shape index (κ1) is 16.7. The molecule has 1 saturated heterocycles. The third-order valence-electron chi connectivity index (χ3n) is 4.89. The molecule has 5 heteroatoms. The lowest BCUT2D eigenvalue weighted by molar-refractivity contribution is 0.0865. The lowest BCUT2D eigenvalue weighted by Gasteiger charge is -2.36. The Morgan fingerprint density at radius 3 is 2.58 bits per heavy atom. The molecule has 1 aliphatic rings. The van der Waals surface area contributed by atoms with Crippen molar-refractivity contribution >= 4 is 22.3 Å². The summed E-state index contributed by atoms with van der Waals surface area (Å²) in [6, 6.07) is 16.0. The van der Waals surface area contributed by atoms with Crippen LogP contribution in [0.2, 0.25) is 0 Å². The van der Waals surface area contributed by atoms with Crippen LogP contribution in [0.1, 0.15) is 12.8 Å². The van der Waals surface area contributed by atoms with Crippen LogP contribution in [0.15, 0.2) is 54.7 Å². The van der Waals surface area contributed by atoms with Gasteiger partial charge in [0.2, 0.25) is 0 Å². The molecule has 5 nitrogen and oxygen atoms in total. The maximum Gasteiger partial charge on any atom is 0.165 e. The van der Waals surface area contributed by atoms with Gasteiger partial charge < -0.3 is 19.5 Å². The van der Waals surface area contributed by atoms with Crippen LogP contribution in [-0.4, -0.2) is 36.5 Å².